The van der Waals surface area contributed by atoms with E-state index in [0.29, 0.717) is 5.66 Å². The van der Waals surface area contributed by atoms with E-state index in [0.717, 1.165) is 5.92 Å². The maximum absolute atomic E-state index is 3.62. The van der Waals surface area contributed by atoms with Gasteiger partial charge in [-0.25, -0.2) is 0 Å². The summed E-state index contributed by atoms with van der Waals surface area (Å²) in [5, 5.41) is -0.239. The Morgan fingerprint density at radius 1 is 1.07 bits per heavy atom. The van der Waals surface area contributed by atoms with Crippen LogP contribution in [0.1, 0.15) is 37.6 Å². The van der Waals surface area contributed by atoms with Crippen molar-refractivity contribution in [3.8, 4) is 0 Å². The van der Waals surface area contributed by atoms with E-state index in [2.05, 4.69) is 76.0 Å². The van der Waals surface area contributed by atoms with E-state index >= 15 is 0 Å². The summed E-state index contributed by atoms with van der Waals surface area (Å²) in [7, 11) is 0. The molecule has 0 nitrogen and oxygen atoms in total. The summed E-state index contributed by atoms with van der Waals surface area (Å²) in [4.78, 5) is 0. The first kappa shape index (κ1) is 13.7. The zero-order valence-electron chi connectivity index (χ0n) is 9.37. The Labute approximate surface area is 110 Å². The second-order valence-corrected chi connectivity index (χ2v) is 13.0. The highest BCUT2D eigenvalue weighted by atomic mass is 79.9. The van der Waals surface area contributed by atoms with Crippen LogP contribution in [0.2, 0.25) is 0 Å². The first-order valence-electron chi connectivity index (χ1n) is 5.20. The standard InChI is InChI=1S/C12H17Br2P/c1-9(2)8-11-4-6-12(7-5-11)10(3)15(13)14/h4-7,9-10H,8H2,1-3H3. The van der Waals surface area contributed by atoms with Crippen molar-refractivity contribution in [3.05, 3.63) is 35.4 Å². The number of hydrogen-bond acceptors (Lipinski definition) is 0. The van der Waals surface area contributed by atoms with Crippen LogP contribution in [0.4, 0.5) is 0 Å². The number of halogens is 2. The number of hydrogen-bond donors (Lipinski definition) is 0. The smallest absolute Gasteiger partial charge is 0.0419 e. The lowest BCUT2D eigenvalue weighted by molar-refractivity contribution is 0.647. The van der Waals surface area contributed by atoms with Gasteiger partial charge in [-0.2, -0.15) is 0 Å². The van der Waals surface area contributed by atoms with Crippen LogP contribution in [0.3, 0.4) is 0 Å². The molecule has 0 spiro atoms. The molecule has 1 unspecified atom stereocenters. The first-order chi connectivity index (χ1) is 7.00. The molecule has 1 aromatic rings. The van der Waals surface area contributed by atoms with E-state index in [4.69, 9.17) is 0 Å². The fourth-order valence-corrected chi connectivity index (χ4v) is 3.33. The van der Waals surface area contributed by atoms with Crippen molar-refractivity contribution in [2.24, 2.45) is 5.92 Å². The van der Waals surface area contributed by atoms with Crippen molar-refractivity contribution < 1.29 is 0 Å². The third kappa shape index (κ3) is 4.54. The van der Waals surface area contributed by atoms with Gasteiger partial charge in [0.2, 0.25) is 0 Å². The molecule has 1 aromatic carbocycles. The minimum Gasteiger partial charge on any atom is -0.0625 e. The highest BCUT2D eigenvalue weighted by molar-refractivity contribution is 9.69. The number of rotatable bonds is 4. The highest BCUT2D eigenvalue weighted by Crippen LogP contribution is 2.63. The Balaban J connectivity index is 2.72. The molecule has 0 aromatic heterocycles. The summed E-state index contributed by atoms with van der Waals surface area (Å²) in [6, 6.07) is 9.01. The zero-order chi connectivity index (χ0) is 11.4. The van der Waals surface area contributed by atoms with Crippen molar-refractivity contribution in [1.29, 1.82) is 0 Å². The fourth-order valence-electron chi connectivity index (χ4n) is 1.52. The first-order valence-corrected chi connectivity index (χ1v) is 10.6. The topological polar surface area (TPSA) is 0 Å². The van der Waals surface area contributed by atoms with Crippen LogP contribution >= 0.6 is 36.3 Å². The third-order valence-electron chi connectivity index (χ3n) is 2.40. The predicted octanol–water partition coefficient (Wildman–Crippen LogP) is 6.05. The molecule has 0 aliphatic carbocycles. The van der Waals surface area contributed by atoms with Gasteiger partial charge in [-0.3, -0.25) is 0 Å². The molecule has 3 heteroatoms. The van der Waals surface area contributed by atoms with E-state index in [1.807, 2.05) is 0 Å². The predicted molar refractivity (Wildman–Crippen MR) is 78.2 cm³/mol. The summed E-state index contributed by atoms with van der Waals surface area (Å²) in [5.74, 6) is 0.734. The quantitative estimate of drug-likeness (QED) is 0.579. The molecular weight excluding hydrogens is 335 g/mol. The minimum absolute atomic E-state index is 0.239. The minimum atomic E-state index is -0.239. The van der Waals surface area contributed by atoms with Gasteiger partial charge in [0.05, 0.1) is 0 Å². The van der Waals surface area contributed by atoms with Gasteiger partial charge in [0.25, 0.3) is 0 Å². The van der Waals surface area contributed by atoms with E-state index in [9.17, 15) is 0 Å². The molecule has 0 saturated heterocycles. The molecule has 0 aliphatic heterocycles. The average molecular weight is 352 g/mol. The molecule has 15 heavy (non-hydrogen) atoms. The van der Waals surface area contributed by atoms with Crippen LogP contribution in [0, 0.1) is 5.92 Å². The molecule has 1 atom stereocenters. The van der Waals surface area contributed by atoms with Crippen molar-refractivity contribution >= 4 is 36.3 Å². The summed E-state index contributed by atoms with van der Waals surface area (Å²) in [6.07, 6.45) is 1.17. The summed E-state index contributed by atoms with van der Waals surface area (Å²) in [6.45, 7) is 6.76. The summed E-state index contributed by atoms with van der Waals surface area (Å²) >= 11 is 7.23. The van der Waals surface area contributed by atoms with E-state index < -0.39 is 0 Å². The van der Waals surface area contributed by atoms with Crippen LogP contribution in [-0.2, 0) is 6.42 Å². The molecule has 0 aliphatic rings. The normalized spacial score (nSPS) is 13.5. The Morgan fingerprint density at radius 2 is 1.60 bits per heavy atom. The van der Waals surface area contributed by atoms with Crippen molar-refractivity contribution in [2.75, 3.05) is 0 Å². The lowest BCUT2D eigenvalue weighted by atomic mass is 10.0. The Kier molecular flexibility index (Phi) is 5.81. The van der Waals surface area contributed by atoms with Crippen LogP contribution in [-0.4, -0.2) is 0 Å². The third-order valence-corrected chi connectivity index (χ3v) is 6.97. The molecule has 1 rings (SSSR count). The van der Waals surface area contributed by atoms with Gasteiger partial charge >= 0.3 is 0 Å². The lowest BCUT2D eigenvalue weighted by Crippen LogP contribution is -1.94. The Morgan fingerprint density at radius 3 is 2.00 bits per heavy atom. The maximum Gasteiger partial charge on any atom is 0.0419 e. The lowest BCUT2D eigenvalue weighted by Gasteiger charge is -2.14. The SMILES string of the molecule is CC(C)Cc1ccc(C(C)P(Br)Br)cc1. The largest absolute Gasteiger partial charge is 0.0625 e. The van der Waals surface area contributed by atoms with Gasteiger partial charge in [-0.15, -0.1) is 0 Å². The second kappa shape index (κ2) is 6.37. The molecule has 0 saturated carbocycles. The second-order valence-electron chi connectivity index (χ2n) is 4.27. The zero-order valence-corrected chi connectivity index (χ0v) is 13.4. The molecular formula is C12H17Br2P. The Hall–Kier alpha value is 0.610. The fraction of sp³-hybridized carbons (Fsp3) is 0.500. The molecule has 0 radical (unpaired) electrons. The maximum atomic E-state index is 3.62. The van der Waals surface area contributed by atoms with Gasteiger partial charge in [0, 0.05) is 11.0 Å². The van der Waals surface area contributed by atoms with Crippen molar-refractivity contribution in [3.63, 3.8) is 0 Å². The van der Waals surface area contributed by atoms with Gasteiger partial charge in [0.15, 0.2) is 0 Å². The molecule has 84 valence electrons. The molecule has 0 N–H and O–H groups in total. The van der Waals surface area contributed by atoms with E-state index in [-0.39, 0.29) is 5.33 Å². The Bertz CT molecular complexity index is 293. The monoisotopic (exact) mass is 350 g/mol. The molecule has 0 heterocycles. The van der Waals surface area contributed by atoms with Gasteiger partial charge in [-0.1, -0.05) is 45.0 Å². The summed E-state index contributed by atoms with van der Waals surface area (Å²) in [5.41, 5.74) is 3.41. The van der Waals surface area contributed by atoms with Crippen LogP contribution in [0.25, 0.3) is 0 Å². The van der Waals surface area contributed by atoms with Gasteiger partial charge in [0.1, 0.15) is 0 Å². The number of benzene rings is 1. The van der Waals surface area contributed by atoms with Crippen molar-refractivity contribution in [2.45, 2.75) is 32.9 Å². The molecule has 0 fully saturated rings. The van der Waals surface area contributed by atoms with Crippen LogP contribution in [0.5, 0.6) is 0 Å². The van der Waals surface area contributed by atoms with Gasteiger partial charge < -0.3 is 0 Å². The van der Waals surface area contributed by atoms with Crippen LogP contribution in [0.15, 0.2) is 24.3 Å². The average Bonchev–Trinajstić information content (AvgIpc) is 2.17. The molecule has 0 bridgehead atoms. The summed E-state index contributed by atoms with van der Waals surface area (Å²) < 4.78 is 0. The van der Waals surface area contributed by atoms with Crippen LogP contribution < -0.4 is 0 Å². The van der Waals surface area contributed by atoms with Crippen molar-refractivity contribution in [1.82, 2.24) is 0 Å². The highest BCUT2D eigenvalue weighted by Gasteiger charge is 2.12. The molecule has 0 amide bonds. The van der Waals surface area contributed by atoms with Gasteiger partial charge in [-0.05, 0) is 54.4 Å². The van der Waals surface area contributed by atoms with E-state index in [1.165, 1.54) is 17.5 Å². The van der Waals surface area contributed by atoms with E-state index in [1.54, 1.807) is 0 Å².